The molecule has 1 amide bonds. The Labute approximate surface area is 113 Å². The average molecular weight is 264 g/mol. The van der Waals surface area contributed by atoms with Crippen molar-refractivity contribution in [3.63, 3.8) is 0 Å². The molecule has 1 aromatic carbocycles. The minimum Gasteiger partial charge on any atom is -0.339 e. The maximum atomic E-state index is 12.9. The minimum absolute atomic E-state index is 0.0250. The number of carbonyl (C=O) groups excluding carboxylic acids is 1. The van der Waals surface area contributed by atoms with Crippen LogP contribution in [-0.4, -0.2) is 30.9 Å². The normalized spacial score (nSPS) is 18.1. The average Bonchev–Trinajstić information content (AvgIpc) is 2.46. The topological polar surface area (TPSA) is 32.3 Å². The van der Waals surface area contributed by atoms with E-state index in [2.05, 4.69) is 5.32 Å². The van der Waals surface area contributed by atoms with Gasteiger partial charge in [0.05, 0.1) is 6.04 Å². The van der Waals surface area contributed by atoms with Crippen molar-refractivity contribution in [2.75, 3.05) is 20.1 Å². The van der Waals surface area contributed by atoms with Crippen LogP contribution in [0.25, 0.3) is 0 Å². The van der Waals surface area contributed by atoms with Crippen LogP contribution < -0.4 is 5.32 Å². The molecule has 1 aliphatic rings. The summed E-state index contributed by atoms with van der Waals surface area (Å²) in [7, 11) is 1.83. The number of hydrogen-bond acceptors (Lipinski definition) is 2. The van der Waals surface area contributed by atoms with Gasteiger partial charge in [-0.2, -0.15) is 0 Å². The van der Waals surface area contributed by atoms with Crippen LogP contribution in [-0.2, 0) is 4.79 Å². The summed E-state index contributed by atoms with van der Waals surface area (Å²) >= 11 is 0. The van der Waals surface area contributed by atoms with Crippen LogP contribution in [0.4, 0.5) is 4.39 Å². The van der Waals surface area contributed by atoms with Gasteiger partial charge in [0, 0.05) is 13.0 Å². The molecule has 0 aromatic heterocycles. The van der Waals surface area contributed by atoms with Crippen LogP contribution in [0.2, 0.25) is 0 Å². The van der Waals surface area contributed by atoms with Gasteiger partial charge in [0.15, 0.2) is 0 Å². The third kappa shape index (κ3) is 3.32. The van der Waals surface area contributed by atoms with Crippen molar-refractivity contribution >= 4 is 5.91 Å². The van der Waals surface area contributed by atoms with Gasteiger partial charge in [-0.05, 0) is 50.6 Å². The largest absolute Gasteiger partial charge is 0.339 e. The first-order chi connectivity index (χ1) is 9.09. The van der Waals surface area contributed by atoms with Gasteiger partial charge in [-0.25, -0.2) is 4.39 Å². The number of rotatable bonds is 3. The van der Waals surface area contributed by atoms with Gasteiger partial charge < -0.3 is 10.2 Å². The molecular formula is C15H21FN2O. The molecule has 0 bridgehead atoms. The van der Waals surface area contributed by atoms with Gasteiger partial charge in [0.1, 0.15) is 5.82 Å². The Bertz CT molecular complexity index is 426. The molecule has 3 nitrogen and oxygen atoms in total. The first-order valence-corrected chi connectivity index (χ1v) is 6.82. The minimum atomic E-state index is -0.247. The maximum Gasteiger partial charge on any atom is 0.226 e. The van der Waals surface area contributed by atoms with E-state index in [-0.39, 0.29) is 23.7 Å². The number of carbonyl (C=O) groups is 1. The molecule has 0 aliphatic carbocycles. The molecule has 0 radical (unpaired) electrons. The summed E-state index contributed by atoms with van der Waals surface area (Å²) < 4.78 is 12.9. The first kappa shape index (κ1) is 14.0. The molecule has 1 aliphatic heterocycles. The van der Waals surface area contributed by atoms with Crippen molar-refractivity contribution in [1.29, 1.82) is 0 Å². The fraction of sp³-hybridized carbons (Fsp3) is 0.533. The second-order valence-electron chi connectivity index (χ2n) is 5.20. The van der Waals surface area contributed by atoms with E-state index in [9.17, 15) is 9.18 Å². The Morgan fingerprint density at radius 1 is 1.32 bits per heavy atom. The quantitative estimate of drug-likeness (QED) is 0.909. The summed E-state index contributed by atoms with van der Waals surface area (Å²) in [5.41, 5.74) is 0.964. The van der Waals surface area contributed by atoms with Crippen molar-refractivity contribution in [2.24, 2.45) is 5.92 Å². The van der Waals surface area contributed by atoms with E-state index in [1.807, 2.05) is 14.0 Å². The molecule has 1 unspecified atom stereocenters. The van der Waals surface area contributed by atoms with Gasteiger partial charge in [-0.3, -0.25) is 4.79 Å². The fourth-order valence-corrected chi connectivity index (χ4v) is 2.51. The zero-order chi connectivity index (χ0) is 13.8. The van der Waals surface area contributed by atoms with Gasteiger partial charge in [-0.15, -0.1) is 0 Å². The Balaban J connectivity index is 2.03. The van der Waals surface area contributed by atoms with Crippen LogP contribution >= 0.6 is 0 Å². The summed E-state index contributed by atoms with van der Waals surface area (Å²) in [6.07, 6.45) is 1.80. The van der Waals surface area contributed by atoms with Crippen LogP contribution in [0.1, 0.15) is 31.4 Å². The standard InChI is InChI=1S/C15H21FN2O/c1-11(12-3-5-14(16)6-4-12)18(2)15(19)13-7-9-17-10-8-13/h3-6,11,13,17H,7-10H2,1-2H3. The van der Waals surface area contributed by atoms with E-state index in [0.717, 1.165) is 31.5 Å². The highest BCUT2D eigenvalue weighted by Gasteiger charge is 2.26. The van der Waals surface area contributed by atoms with Gasteiger partial charge >= 0.3 is 0 Å². The van der Waals surface area contributed by atoms with Gasteiger partial charge in [0.25, 0.3) is 0 Å². The lowest BCUT2D eigenvalue weighted by Gasteiger charge is -2.31. The number of piperidine rings is 1. The van der Waals surface area contributed by atoms with E-state index in [4.69, 9.17) is 0 Å². The number of halogens is 1. The smallest absolute Gasteiger partial charge is 0.226 e. The summed E-state index contributed by atoms with van der Waals surface area (Å²) in [5.74, 6) is 0.0655. The van der Waals surface area contributed by atoms with Crippen molar-refractivity contribution in [1.82, 2.24) is 10.2 Å². The molecule has 1 aromatic rings. The molecule has 1 saturated heterocycles. The molecule has 19 heavy (non-hydrogen) atoms. The Morgan fingerprint density at radius 2 is 1.89 bits per heavy atom. The van der Waals surface area contributed by atoms with E-state index >= 15 is 0 Å². The van der Waals surface area contributed by atoms with Crippen molar-refractivity contribution in [3.05, 3.63) is 35.6 Å². The van der Waals surface area contributed by atoms with Gasteiger partial charge in [0.2, 0.25) is 5.91 Å². The number of nitrogens with zero attached hydrogens (tertiary/aromatic N) is 1. The predicted molar refractivity (Wildman–Crippen MR) is 73.2 cm³/mol. The zero-order valence-electron chi connectivity index (χ0n) is 11.5. The summed E-state index contributed by atoms with van der Waals surface area (Å²) in [4.78, 5) is 14.2. The van der Waals surface area contributed by atoms with Crippen molar-refractivity contribution in [2.45, 2.75) is 25.8 Å². The molecule has 2 rings (SSSR count). The lowest BCUT2D eigenvalue weighted by Crippen LogP contribution is -2.40. The Hall–Kier alpha value is -1.42. The van der Waals surface area contributed by atoms with E-state index in [1.165, 1.54) is 12.1 Å². The van der Waals surface area contributed by atoms with Crippen molar-refractivity contribution in [3.8, 4) is 0 Å². The van der Waals surface area contributed by atoms with Crippen molar-refractivity contribution < 1.29 is 9.18 Å². The van der Waals surface area contributed by atoms with Crippen LogP contribution in [0, 0.1) is 11.7 Å². The van der Waals surface area contributed by atoms with E-state index in [1.54, 1.807) is 17.0 Å². The van der Waals surface area contributed by atoms with Gasteiger partial charge in [-0.1, -0.05) is 12.1 Å². The maximum absolute atomic E-state index is 12.9. The van der Waals surface area contributed by atoms with E-state index < -0.39 is 0 Å². The first-order valence-electron chi connectivity index (χ1n) is 6.82. The molecule has 1 heterocycles. The second-order valence-corrected chi connectivity index (χ2v) is 5.20. The molecule has 1 atom stereocenters. The highest BCUT2D eigenvalue weighted by molar-refractivity contribution is 5.79. The second kappa shape index (κ2) is 6.15. The lowest BCUT2D eigenvalue weighted by molar-refractivity contribution is -0.137. The van der Waals surface area contributed by atoms with Crippen LogP contribution in [0.15, 0.2) is 24.3 Å². The SMILES string of the molecule is CC(c1ccc(F)cc1)N(C)C(=O)C1CCNCC1. The third-order valence-corrected chi connectivity index (χ3v) is 3.97. The molecule has 1 N–H and O–H groups in total. The molecule has 0 saturated carbocycles. The monoisotopic (exact) mass is 264 g/mol. The number of amides is 1. The summed E-state index contributed by atoms with van der Waals surface area (Å²) in [6, 6.07) is 6.34. The fourth-order valence-electron chi connectivity index (χ4n) is 2.51. The van der Waals surface area contributed by atoms with E-state index in [0.29, 0.717) is 0 Å². The highest BCUT2D eigenvalue weighted by Crippen LogP contribution is 2.23. The lowest BCUT2D eigenvalue weighted by atomic mass is 9.95. The van der Waals surface area contributed by atoms with Crippen LogP contribution in [0.5, 0.6) is 0 Å². The molecule has 4 heteroatoms. The molecule has 104 valence electrons. The molecule has 0 spiro atoms. The third-order valence-electron chi connectivity index (χ3n) is 3.97. The van der Waals surface area contributed by atoms with Crippen LogP contribution in [0.3, 0.4) is 0 Å². The predicted octanol–water partition coefficient (Wildman–Crippen LogP) is 2.34. The molecular weight excluding hydrogens is 243 g/mol. The number of hydrogen-bond donors (Lipinski definition) is 1. The highest BCUT2D eigenvalue weighted by atomic mass is 19.1. The zero-order valence-corrected chi connectivity index (χ0v) is 11.5. The number of benzene rings is 1. The Kier molecular flexibility index (Phi) is 4.53. The Morgan fingerprint density at radius 3 is 2.47 bits per heavy atom. The summed E-state index contributed by atoms with van der Waals surface area (Å²) in [6.45, 7) is 3.80. The summed E-state index contributed by atoms with van der Waals surface area (Å²) in [5, 5.41) is 3.26. The molecule has 1 fully saturated rings. The number of nitrogens with one attached hydrogen (secondary N) is 1.